The standard InChI is InChI=1S/C14H19NS2/c1-2-7-15-14(10-4-3-5-10)13-9-12-11(17-13)6-8-16-12/h6,8-10,14-15H,2-5,7H2,1H3. The van der Waals surface area contributed by atoms with Crippen LogP contribution in [0.3, 0.4) is 0 Å². The van der Waals surface area contributed by atoms with Gasteiger partial charge in [0.25, 0.3) is 0 Å². The lowest BCUT2D eigenvalue weighted by atomic mass is 9.79. The van der Waals surface area contributed by atoms with Gasteiger partial charge in [0.1, 0.15) is 0 Å². The third-order valence-electron chi connectivity index (χ3n) is 3.70. The number of thiophene rings is 2. The molecule has 0 bridgehead atoms. The molecule has 0 aliphatic heterocycles. The van der Waals surface area contributed by atoms with E-state index in [0.717, 1.165) is 12.5 Å². The summed E-state index contributed by atoms with van der Waals surface area (Å²) in [5.74, 6) is 0.884. The Hall–Kier alpha value is -0.380. The molecule has 0 saturated heterocycles. The molecule has 1 aliphatic carbocycles. The van der Waals surface area contributed by atoms with E-state index >= 15 is 0 Å². The van der Waals surface area contributed by atoms with Crippen molar-refractivity contribution in [1.82, 2.24) is 5.32 Å². The fourth-order valence-electron chi connectivity index (χ4n) is 2.51. The molecule has 3 rings (SSSR count). The van der Waals surface area contributed by atoms with Crippen molar-refractivity contribution in [1.29, 1.82) is 0 Å². The van der Waals surface area contributed by atoms with Crippen molar-refractivity contribution < 1.29 is 0 Å². The maximum absolute atomic E-state index is 3.75. The minimum absolute atomic E-state index is 0.619. The number of hydrogen-bond acceptors (Lipinski definition) is 3. The van der Waals surface area contributed by atoms with Crippen molar-refractivity contribution in [2.75, 3.05) is 6.54 Å². The van der Waals surface area contributed by atoms with Gasteiger partial charge >= 0.3 is 0 Å². The van der Waals surface area contributed by atoms with Gasteiger partial charge in [-0.25, -0.2) is 0 Å². The molecule has 2 heterocycles. The van der Waals surface area contributed by atoms with Crippen LogP contribution in [-0.2, 0) is 0 Å². The zero-order chi connectivity index (χ0) is 11.7. The average Bonchev–Trinajstić information content (AvgIpc) is 2.80. The van der Waals surface area contributed by atoms with Crippen LogP contribution in [0, 0.1) is 5.92 Å². The summed E-state index contributed by atoms with van der Waals surface area (Å²) >= 11 is 3.86. The van der Waals surface area contributed by atoms with Gasteiger partial charge in [-0.05, 0) is 49.2 Å². The van der Waals surface area contributed by atoms with Crippen LogP contribution in [0.2, 0.25) is 0 Å². The Balaban J connectivity index is 1.83. The third-order valence-corrected chi connectivity index (χ3v) is 5.88. The first kappa shape index (κ1) is 11.7. The third kappa shape index (κ3) is 2.28. The lowest BCUT2D eigenvalue weighted by Crippen LogP contribution is -2.32. The molecule has 0 amide bonds. The second-order valence-electron chi connectivity index (χ2n) is 4.92. The predicted octanol–water partition coefficient (Wildman–Crippen LogP) is 4.80. The molecule has 0 radical (unpaired) electrons. The minimum Gasteiger partial charge on any atom is -0.309 e. The van der Waals surface area contributed by atoms with E-state index in [4.69, 9.17) is 0 Å². The largest absolute Gasteiger partial charge is 0.309 e. The SMILES string of the molecule is CCCNC(c1cc2sccc2s1)C1CCC1. The van der Waals surface area contributed by atoms with Crippen LogP contribution in [0.5, 0.6) is 0 Å². The van der Waals surface area contributed by atoms with E-state index in [9.17, 15) is 0 Å². The topological polar surface area (TPSA) is 12.0 Å². The van der Waals surface area contributed by atoms with Crippen LogP contribution < -0.4 is 5.32 Å². The minimum atomic E-state index is 0.619. The summed E-state index contributed by atoms with van der Waals surface area (Å²) < 4.78 is 2.93. The highest BCUT2D eigenvalue weighted by atomic mass is 32.1. The van der Waals surface area contributed by atoms with Gasteiger partial charge in [-0.15, -0.1) is 22.7 Å². The van der Waals surface area contributed by atoms with Crippen molar-refractivity contribution in [2.24, 2.45) is 5.92 Å². The Bertz CT molecular complexity index is 453. The highest BCUT2D eigenvalue weighted by Crippen LogP contribution is 2.42. The molecule has 17 heavy (non-hydrogen) atoms. The van der Waals surface area contributed by atoms with E-state index in [1.165, 1.54) is 35.1 Å². The first-order chi connectivity index (χ1) is 8.38. The second kappa shape index (κ2) is 5.09. The first-order valence-corrected chi connectivity index (χ1v) is 8.28. The monoisotopic (exact) mass is 265 g/mol. The van der Waals surface area contributed by atoms with Crippen molar-refractivity contribution >= 4 is 32.1 Å². The summed E-state index contributed by atoms with van der Waals surface area (Å²) in [5.41, 5.74) is 0. The number of nitrogens with one attached hydrogen (secondary N) is 1. The number of rotatable bonds is 5. The summed E-state index contributed by atoms with van der Waals surface area (Å²) in [7, 11) is 0. The zero-order valence-corrected chi connectivity index (χ0v) is 11.9. The van der Waals surface area contributed by atoms with Crippen molar-refractivity contribution in [3.63, 3.8) is 0 Å². The van der Waals surface area contributed by atoms with Crippen molar-refractivity contribution in [3.8, 4) is 0 Å². The maximum atomic E-state index is 3.75. The Morgan fingerprint density at radius 2 is 2.29 bits per heavy atom. The summed E-state index contributed by atoms with van der Waals surface area (Å²) in [6.07, 6.45) is 5.47. The summed E-state index contributed by atoms with van der Waals surface area (Å²) in [5, 5.41) is 5.95. The molecule has 1 atom stereocenters. The molecule has 1 nitrogen and oxygen atoms in total. The van der Waals surface area contributed by atoms with Crippen LogP contribution in [-0.4, -0.2) is 6.54 Å². The van der Waals surface area contributed by atoms with Gasteiger partial charge in [0.05, 0.1) is 0 Å². The van der Waals surface area contributed by atoms with Gasteiger partial charge in [0, 0.05) is 20.3 Å². The van der Waals surface area contributed by atoms with E-state index in [1.54, 1.807) is 4.88 Å². The number of hydrogen-bond donors (Lipinski definition) is 1. The lowest BCUT2D eigenvalue weighted by molar-refractivity contribution is 0.234. The molecule has 2 aromatic rings. The van der Waals surface area contributed by atoms with Crippen LogP contribution in [0.15, 0.2) is 17.5 Å². The zero-order valence-electron chi connectivity index (χ0n) is 10.2. The molecule has 0 spiro atoms. The van der Waals surface area contributed by atoms with E-state index in [0.29, 0.717) is 6.04 Å². The van der Waals surface area contributed by atoms with Crippen molar-refractivity contribution in [3.05, 3.63) is 22.4 Å². The van der Waals surface area contributed by atoms with Gasteiger partial charge in [0.2, 0.25) is 0 Å². The van der Waals surface area contributed by atoms with Gasteiger partial charge in [0.15, 0.2) is 0 Å². The van der Waals surface area contributed by atoms with Crippen LogP contribution in [0.25, 0.3) is 9.40 Å². The molecular formula is C14H19NS2. The molecule has 1 saturated carbocycles. The normalized spacial score (nSPS) is 18.4. The smallest absolute Gasteiger partial charge is 0.0454 e. The summed E-state index contributed by atoms with van der Waals surface area (Å²) in [6, 6.07) is 5.29. The molecule has 92 valence electrons. The summed E-state index contributed by atoms with van der Waals surface area (Å²) in [4.78, 5) is 1.56. The van der Waals surface area contributed by atoms with Crippen LogP contribution >= 0.6 is 22.7 Å². The molecule has 1 aliphatic rings. The highest BCUT2D eigenvalue weighted by Gasteiger charge is 2.29. The molecule has 1 unspecified atom stereocenters. The van der Waals surface area contributed by atoms with Gasteiger partial charge in [-0.2, -0.15) is 0 Å². The maximum Gasteiger partial charge on any atom is 0.0454 e. The molecule has 0 aromatic carbocycles. The van der Waals surface area contributed by atoms with Gasteiger partial charge in [-0.1, -0.05) is 13.3 Å². The summed E-state index contributed by atoms with van der Waals surface area (Å²) in [6.45, 7) is 3.39. The molecule has 2 aromatic heterocycles. The lowest BCUT2D eigenvalue weighted by Gasteiger charge is -2.34. The quantitative estimate of drug-likeness (QED) is 0.818. The van der Waals surface area contributed by atoms with E-state index in [-0.39, 0.29) is 0 Å². The molecule has 1 fully saturated rings. The first-order valence-electron chi connectivity index (χ1n) is 6.59. The predicted molar refractivity (Wildman–Crippen MR) is 78.1 cm³/mol. The van der Waals surface area contributed by atoms with Crippen molar-refractivity contribution in [2.45, 2.75) is 38.6 Å². The van der Waals surface area contributed by atoms with E-state index < -0.39 is 0 Å². The van der Waals surface area contributed by atoms with E-state index in [2.05, 4.69) is 29.8 Å². The van der Waals surface area contributed by atoms with E-state index in [1.807, 2.05) is 22.7 Å². The Morgan fingerprint density at radius 3 is 2.94 bits per heavy atom. The molecule has 3 heteroatoms. The number of fused-ring (bicyclic) bond motifs is 1. The highest BCUT2D eigenvalue weighted by molar-refractivity contribution is 7.26. The molecule has 1 N–H and O–H groups in total. The van der Waals surface area contributed by atoms with Gasteiger partial charge < -0.3 is 5.32 Å². The fraction of sp³-hybridized carbons (Fsp3) is 0.571. The second-order valence-corrected chi connectivity index (χ2v) is 6.98. The Kier molecular flexibility index (Phi) is 3.50. The van der Waals surface area contributed by atoms with Gasteiger partial charge in [-0.3, -0.25) is 0 Å². The average molecular weight is 265 g/mol. The fourth-order valence-corrected chi connectivity index (χ4v) is 4.80. The molecular weight excluding hydrogens is 246 g/mol. The Morgan fingerprint density at radius 1 is 1.41 bits per heavy atom. The van der Waals surface area contributed by atoms with Crippen LogP contribution in [0.4, 0.5) is 0 Å². The Labute approximate surface area is 111 Å². The van der Waals surface area contributed by atoms with Crippen LogP contribution in [0.1, 0.15) is 43.5 Å².